The van der Waals surface area contributed by atoms with E-state index < -0.39 is 11.7 Å². The number of rotatable bonds is 5. The molecule has 1 amide bonds. The summed E-state index contributed by atoms with van der Waals surface area (Å²) in [6.07, 6.45) is -0.424. The molecule has 0 heterocycles. The van der Waals surface area contributed by atoms with Gasteiger partial charge < -0.3 is 15.4 Å². The molecule has 0 aliphatic carbocycles. The molecular weight excluding hydrogens is 311 g/mol. The number of hydrogen-bond acceptors (Lipinski definition) is 3. The van der Waals surface area contributed by atoms with Crippen molar-refractivity contribution in [2.45, 2.75) is 45.9 Å². The van der Waals surface area contributed by atoms with E-state index in [1.54, 1.807) is 12.1 Å². The quantitative estimate of drug-likeness (QED) is 0.856. The fraction of sp³-hybridized carbons (Fsp3) is 0.533. The number of hydrogen-bond donors (Lipinski definition) is 2. The summed E-state index contributed by atoms with van der Waals surface area (Å²) < 4.78 is 5.17. The lowest BCUT2D eigenvalue weighted by atomic mass is 10.2. The zero-order valence-electron chi connectivity index (χ0n) is 12.8. The first kappa shape index (κ1) is 18.1. The van der Waals surface area contributed by atoms with E-state index in [9.17, 15) is 4.79 Å². The summed E-state index contributed by atoms with van der Waals surface area (Å²) in [4.78, 5) is 11.5. The van der Waals surface area contributed by atoms with Gasteiger partial charge in [-0.1, -0.05) is 29.3 Å². The van der Waals surface area contributed by atoms with E-state index in [2.05, 4.69) is 10.6 Å². The minimum absolute atomic E-state index is 0.0601. The van der Waals surface area contributed by atoms with Gasteiger partial charge in [-0.2, -0.15) is 0 Å². The highest BCUT2D eigenvalue weighted by molar-refractivity contribution is 6.35. The van der Waals surface area contributed by atoms with E-state index in [0.717, 1.165) is 5.56 Å². The molecule has 1 aromatic rings. The molecule has 0 radical (unpaired) electrons. The third kappa shape index (κ3) is 7.02. The first-order valence-electron chi connectivity index (χ1n) is 6.82. The van der Waals surface area contributed by atoms with E-state index in [4.69, 9.17) is 27.9 Å². The third-order valence-corrected chi connectivity index (χ3v) is 3.35. The van der Waals surface area contributed by atoms with Gasteiger partial charge in [-0.3, -0.25) is 0 Å². The predicted molar refractivity (Wildman–Crippen MR) is 87.0 cm³/mol. The van der Waals surface area contributed by atoms with Gasteiger partial charge in [0.15, 0.2) is 0 Å². The Morgan fingerprint density at radius 3 is 2.38 bits per heavy atom. The van der Waals surface area contributed by atoms with Crippen LogP contribution in [0.15, 0.2) is 18.2 Å². The summed E-state index contributed by atoms with van der Waals surface area (Å²) in [7, 11) is 0. The Balaban J connectivity index is 2.38. The standard InChI is InChI=1S/C15H22Cl2N2O2/c1-10(8-19-14(20)21-15(2,3)4)18-9-11-12(16)6-5-7-13(11)17/h5-7,10,18H,8-9H2,1-4H3,(H,19,20). The molecule has 4 nitrogen and oxygen atoms in total. The Morgan fingerprint density at radius 2 is 1.86 bits per heavy atom. The number of nitrogens with one attached hydrogen (secondary N) is 2. The molecular formula is C15H22Cl2N2O2. The Labute approximate surface area is 136 Å². The van der Waals surface area contributed by atoms with Crippen molar-refractivity contribution in [3.05, 3.63) is 33.8 Å². The maximum atomic E-state index is 11.5. The van der Waals surface area contributed by atoms with E-state index in [0.29, 0.717) is 23.1 Å². The van der Waals surface area contributed by atoms with Crippen LogP contribution in [0.3, 0.4) is 0 Å². The summed E-state index contributed by atoms with van der Waals surface area (Å²) in [6, 6.07) is 5.47. The highest BCUT2D eigenvalue weighted by atomic mass is 35.5. The van der Waals surface area contributed by atoms with Crippen LogP contribution in [0.2, 0.25) is 10.0 Å². The maximum absolute atomic E-state index is 11.5. The van der Waals surface area contributed by atoms with Gasteiger partial charge in [0.2, 0.25) is 0 Å². The van der Waals surface area contributed by atoms with Crippen molar-refractivity contribution >= 4 is 29.3 Å². The highest BCUT2D eigenvalue weighted by Gasteiger charge is 2.16. The van der Waals surface area contributed by atoms with Crippen molar-refractivity contribution in [3.63, 3.8) is 0 Å². The Morgan fingerprint density at radius 1 is 1.29 bits per heavy atom. The minimum atomic E-state index is -0.494. The maximum Gasteiger partial charge on any atom is 0.407 e. The number of benzene rings is 1. The van der Waals surface area contributed by atoms with Crippen molar-refractivity contribution in [2.24, 2.45) is 0 Å². The van der Waals surface area contributed by atoms with Crippen LogP contribution < -0.4 is 10.6 Å². The van der Waals surface area contributed by atoms with Gasteiger partial charge in [0.1, 0.15) is 5.60 Å². The molecule has 0 saturated carbocycles. The van der Waals surface area contributed by atoms with Crippen LogP contribution in [-0.2, 0) is 11.3 Å². The normalized spacial score (nSPS) is 12.9. The fourth-order valence-electron chi connectivity index (χ4n) is 1.60. The van der Waals surface area contributed by atoms with Crippen molar-refractivity contribution in [3.8, 4) is 0 Å². The Hall–Kier alpha value is -0.970. The van der Waals surface area contributed by atoms with Gasteiger partial charge in [-0.25, -0.2) is 4.79 Å². The SMILES string of the molecule is CC(CNC(=O)OC(C)(C)C)NCc1c(Cl)cccc1Cl. The number of carbonyl (C=O) groups is 1. The van der Waals surface area contributed by atoms with Gasteiger partial charge in [-0.15, -0.1) is 0 Å². The molecule has 21 heavy (non-hydrogen) atoms. The lowest BCUT2D eigenvalue weighted by Gasteiger charge is -2.21. The summed E-state index contributed by atoms with van der Waals surface area (Å²) in [5.74, 6) is 0. The number of amides is 1. The summed E-state index contributed by atoms with van der Waals surface area (Å²) in [6.45, 7) is 8.43. The molecule has 0 aliphatic rings. The van der Waals surface area contributed by atoms with Crippen LogP contribution in [0.5, 0.6) is 0 Å². The zero-order chi connectivity index (χ0) is 16.0. The second kappa shape index (κ2) is 7.87. The van der Waals surface area contributed by atoms with Crippen LogP contribution in [0.4, 0.5) is 4.79 Å². The fourth-order valence-corrected chi connectivity index (χ4v) is 2.13. The highest BCUT2D eigenvalue weighted by Crippen LogP contribution is 2.23. The molecule has 0 bridgehead atoms. The van der Waals surface area contributed by atoms with Crippen LogP contribution in [0.25, 0.3) is 0 Å². The number of alkyl carbamates (subject to hydrolysis) is 1. The Kier molecular flexibility index (Phi) is 6.78. The summed E-state index contributed by atoms with van der Waals surface area (Å²) in [5, 5.41) is 7.23. The summed E-state index contributed by atoms with van der Waals surface area (Å²) >= 11 is 12.2. The average Bonchev–Trinajstić information content (AvgIpc) is 2.33. The second-order valence-electron chi connectivity index (χ2n) is 5.86. The first-order valence-corrected chi connectivity index (χ1v) is 7.58. The van der Waals surface area contributed by atoms with Crippen LogP contribution in [0.1, 0.15) is 33.3 Å². The molecule has 1 rings (SSSR count). The number of ether oxygens (including phenoxy) is 1. The van der Waals surface area contributed by atoms with Gasteiger partial charge in [0, 0.05) is 34.7 Å². The molecule has 2 N–H and O–H groups in total. The molecule has 0 spiro atoms. The second-order valence-corrected chi connectivity index (χ2v) is 6.68. The van der Waals surface area contributed by atoms with Gasteiger partial charge in [0.05, 0.1) is 0 Å². The summed E-state index contributed by atoms with van der Waals surface area (Å²) in [5.41, 5.74) is 0.358. The first-order chi connectivity index (χ1) is 9.69. The van der Waals surface area contributed by atoms with Gasteiger partial charge in [-0.05, 0) is 39.8 Å². The monoisotopic (exact) mass is 332 g/mol. The Bertz CT molecular complexity index is 467. The molecule has 1 unspecified atom stereocenters. The van der Waals surface area contributed by atoms with Crippen molar-refractivity contribution in [1.82, 2.24) is 10.6 Å². The lowest BCUT2D eigenvalue weighted by Crippen LogP contribution is -2.41. The smallest absolute Gasteiger partial charge is 0.407 e. The number of carbonyl (C=O) groups excluding carboxylic acids is 1. The van der Waals surface area contributed by atoms with E-state index in [1.807, 2.05) is 33.8 Å². The van der Waals surface area contributed by atoms with E-state index in [1.165, 1.54) is 0 Å². The van der Waals surface area contributed by atoms with E-state index in [-0.39, 0.29) is 6.04 Å². The van der Waals surface area contributed by atoms with Crippen molar-refractivity contribution < 1.29 is 9.53 Å². The third-order valence-electron chi connectivity index (χ3n) is 2.64. The van der Waals surface area contributed by atoms with Crippen LogP contribution in [-0.4, -0.2) is 24.3 Å². The van der Waals surface area contributed by atoms with E-state index >= 15 is 0 Å². The average molecular weight is 333 g/mol. The van der Waals surface area contributed by atoms with Gasteiger partial charge >= 0.3 is 6.09 Å². The molecule has 0 aromatic heterocycles. The molecule has 6 heteroatoms. The lowest BCUT2D eigenvalue weighted by molar-refractivity contribution is 0.0523. The molecule has 1 atom stereocenters. The number of halogens is 2. The zero-order valence-corrected chi connectivity index (χ0v) is 14.3. The molecule has 0 fully saturated rings. The van der Waals surface area contributed by atoms with Crippen LogP contribution in [0, 0.1) is 0 Å². The molecule has 118 valence electrons. The van der Waals surface area contributed by atoms with Gasteiger partial charge in [0.25, 0.3) is 0 Å². The molecule has 0 saturated heterocycles. The van der Waals surface area contributed by atoms with Crippen LogP contribution >= 0.6 is 23.2 Å². The topological polar surface area (TPSA) is 50.4 Å². The predicted octanol–water partition coefficient (Wildman–Crippen LogP) is 4.00. The largest absolute Gasteiger partial charge is 0.444 e. The molecule has 1 aromatic carbocycles. The molecule has 0 aliphatic heterocycles. The van der Waals surface area contributed by atoms with Crippen molar-refractivity contribution in [2.75, 3.05) is 6.54 Å². The van der Waals surface area contributed by atoms with Crippen molar-refractivity contribution in [1.29, 1.82) is 0 Å². The minimum Gasteiger partial charge on any atom is -0.444 e.